The van der Waals surface area contributed by atoms with Crippen LogP contribution >= 0.6 is 0 Å². The van der Waals surface area contributed by atoms with Gasteiger partial charge >= 0.3 is 0 Å². The van der Waals surface area contributed by atoms with Crippen molar-refractivity contribution < 1.29 is 4.74 Å². The third-order valence-electron chi connectivity index (χ3n) is 5.11. The first-order chi connectivity index (χ1) is 13.3. The Bertz CT molecular complexity index is 1010. The molecule has 9 nitrogen and oxygen atoms in total. The summed E-state index contributed by atoms with van der Waals surface area (Å²) in [7, 11) is 0. The van der Waals surface area contributed by atoms with Crippen LogP contribution in [0.5, 0.6) is 0 Å². The molecule has 0 saturated carbocycles. The van der Waals surface area contributed by atoms with E-state index in [1.807, 2.05) is 6.07 Å². The van der Waals surface area contributed by atoms with E-state index in [2.05, 4.69) is 25.5 Å². The van der Waals surface area contributed by atoms with Gasteiger partial charge in [-0.05, 0) is 31.4 Å². The van der Waals surface area contributed by atoms with E-state index >= 15 is 0 Å². The van der Waals surface area contributed by atoms with Gasteiger partial charge in [0.1, 0.15) is 18.2 Å². The normalized spacial score (nSPS) is 21.3. The van der Waals surface area contributed by atoms with Gasteiger partial charge in [-0.15, -0.1) is 5.10 Å². The number of nitrogens with one attached hydrogen (secondary N) is 1. The minimum atomic E-state index is -0.222. The second-order valence-electron chi connectivity index (χ2n) is 6.78. The molecular formula is C18H19N7O2. The van der Waals surface area contributed by atoms with Gasteiger partial charge in [0, 0.05) is 29.7 Å². The van der Waals surface area contributed by atoms with Gasteiger partial charge in [-0.3, -0.25) is 4.79 Å². The summed E-state index contributed by atoms with van der Waals surface area (Å²) < 4.78 is 8.79. The van der Waals surface area contributed by atoms with Crippen LogP contribution < -0.4 is 10.9 Å². The monoisotopic (exact) mass is 365 g/mol. The zero-order valence-electron chi connectivity index (χ0n) is 14.7. The Morgan fingerprint density at radius 1 is 1.19 bits per heavy atom. The highest BCUT2D eigenvalue weighted by Crippen LogP contribution is 2.28. The molecule has 0 aromatic carbocycles. The van der Waals surface area contributed by atoms with Crippen LogP contribution in [0.1, 0.15) is 23.7 Å². The molecule has 1 N–H and O–H groups in total. The van der Waals surface area contributed by atoms with Crippen LogP contribution in [-0.4, -0.2) is 48.8 Å². The number of aromatic nitrogens is 6. The summed E-state index contributed by atoms with van der Waals surface area (Å²) in [5.74, 6) is 1.43. The van der Waals surface area contributed by atoms with Crippen molar-refractivity contribution >= 4 is 5.82 Å². The predicted octanol–water partition coefficient (Wildman–Crippen LogP) is 0.760. The quantitative estimate of drug-likeness (QED) is 0.728. The third kappa shape index (κ3) is 2.89. The van der Waals surface area contributed by atoms with Crippen molar-refractivity contribution in [2.75, 3.05) is 18.5 Å². The highest BCUT2D eigenvalue weighted by Gasteiger charge is 2.33. The smallest absolute Gasteiger partial charge is 0.267 e. The minimum absolute atomic E-state index is 0.0947. The average molecular weight is 365 g/mol. The van der Waals surface area contributed by atoms with Gasteiger partial charge in [0.05, 0.1) is 19.3 Å². The zero-order chi connectivity index (χ0) is 18.2. The molecule has 5 rings (SSSR count). The molecule has 0 bridgehead atoms. The van der Waals surface area contributed by atoms with E-state index in [1.165, 1.54) is 16.3 Å². The Morgan fingerprint density at radius 3 is 3.04 bits per heavy atom. The van der Waals surface area contributed by atoms with E-state index in [9.17, 15) is 4.79 Å². The van der Waals surface area contributed by atoms with Crippen LogP contribution in [0.15, 0.2) is 41.7 Å². The standard InChI is InChI=1S/C18H19N7O2/c26-17-6-5-16(24-8-2-7-21-24)23-25(17)15-10-27-9-14(15)22-18-12-3-1-4-13(12)19-11-20-18/h2,5-8,11,14-15H,1,3-4,9-10H2,(H,19,20,22). The topological polar surface area (TPSA) is 99.8 Å². The molecule has 2 aliphatic rings. The van der Waals surface area contributed by atoms with E-state index < -0.39 is 0 Å². The van der Waals surface area contributed by atoms with E-state index in [1.54, 1.807) is 29.5 Å². The Labute approximate surface area is 155 Å². The lowest BCUT2D eigenvalue weighted by atomic mass is 10.1. The second kappa shape index (κ2) is 6.58. The maximum atomic E-state index is 12.5. The van der Waals surface area contributed by atoms with Crippen molar-refractivity contribution in [2.24, 2.45) is 0 Å². The van der Waals surface area contributed by atoms with E-state index in [4.69, 9.17) is 4.74 Å². The van der Waals surface area contributed by atoms with Gasteiger partial charge in [0.2, 0.25) is 0 Å². The van der Waals surface area contributed by atoms with Gasteiger partial charge in [-0.1, -0.05) is 0 Å². The van der Waals surface area contributed by atoms with Gasteiger partial charge in [0.25, 0.3) is 5.56 Å². The van der Waals surface area contributed by atoms with Crippen molar-refractivity contribution in [1.29, 1.82) is 0 Å². The number of hydrogen-bond acceptors (Lipinski definition) is 7. The summed E-state index contributed by atoms with van der Waals surface area (Å²) in [6.45, 7) is 0.907. The first-order valence-corrected chi connectivity index (χ1v) is 9.06. The molecule has 1 aliphatic heterocycles. The molecule has 0 spiro atoms. The largest absolute Gasteiger partial charge is 0.377 e. The van der Waals surface area contributed by atoms with Crippen molar-refractivity contribution in [2.45, 2.75) is 31.3 Å². The van der Waals surface area contributed by atoms with Crippen LogP contribution in [0.25, 0.3) is 5.82 Å². The second-order valence-corrected chi connectivity index (χ2v) is 6.78. The first kappa shape index (κ1) is 16.1. The Morgan fingerprint density at radius 2 is 2.15 bits per heavy atom. The van der Waals surface area contributed by atoms with Crippen LogP contribution in [0.2, 0.25) is 0 Å². The SMILES string of the molecule is O=c1ccc(-n2cccn2)nn1C1COCC1Nc1ncnc2c1CCC2. The summed E-state index contributed by atoms with van der Waals surface area (Å²) in [5.41, 5.74) is 2.12. The van der Waals surface area contributed by atoms with E-state index in [-0.39, 0.29) is 17.6 Å². The maximum absolute atomic E-state index is 12.5. The predicted molar refractivity (Wildman–Crippen MR) is 96.9 cm³/mol. The first-order valence-electron chi connectivity index (χ1n) is 9.06. The molecule has 2 atom stereocenters. The molecule has 1 saturated heterocycles. The summed E-state index contributed by atoms with van der Waals surface area (Å²) in [6, 6.07) is 4.68. The molecule has 1 aliphatic carbocycles. The van der Waals surface area contributed by atoms with Gasteiger partial charge < -0.3 is 10.1 Å². The lowest BCUT2D eigenvalue weighted by Crippen LogP contribution is -2.38. The lowest BCUT2D eigenvalue weighted by Gasteiger charge is -2.22. The van der Waals surface area contributed by atoms with Crippen molar-refractivity contribution in [3.05, 3.63) is 58.5 Å². The number of anilines is 1. The van der Waals surface area contributed by atoms with Crippen LogP contribution in [0.3, 0.4) is 0 Å². The van der Waals surface area contributed by atoms with Crippen LogP contribution in [0.4, 0.5) is 5.82 Å². The lowest BCUT2D eigenvalue weighted by molar-refractivity contribution is 0.182. The highest BCUT2D eigenvalue weighted by molar-refractivity contribution is 5.49. The van der Waals surface area contributed by atoms with Gasteiger partial charge in [0.15, 0.2) is 5.82 Å². The van der Waals surface area contributed by atoms with Crippen molar-refractivity contribution in [3.8, 4) is 5.82 Å². The van der Waals surface area contributed by atoms with Crippen LogP contribution in [0, 0.1) is 0 Å². The zero-order valence-corrected chi connectivity index (χ0v) is 14.7. The number of rotatable bonds is 4. The van der Waals surface area contributed by atoms with Crippen molar-refractivity contribution in [3.63, 3.8) is 0 Å². The molecule has 2 unspecified atom stereocenters. The minimum Gasteiger partial charge on any atom is -0.377 e. The highest BCUT2D eigenvalue weighted by atomic mass is 16.5. The molecule has 3 aromatic rings. The summed E-state index contributed by atoms with van der Waals surface area (Å²) in [6.07, 6.45) is 8.13. The number of fused-ring (bicyclic) bond motifs is 1. The molecular weight excluding hydrogens is 346 g/mol. The van der Waals surface area contributed by atoms with E-state index in [0.29, 0.717) is 19.0 Å². The molecule has 9 heteroatoms. The molecule has 3 aromatic heterocycles. The molecule has 138 valence electrons. The summed E-state index contributed by atoms with van der Waals surface area (Å²) >= 11 is 0. The number of nitrogens with zero attached hydrogens (tertiary/aromatic N) is 6. The molecule has 0 radical (unpaired) electrons. The van der Waals surface area contributed by atoms with Gasteiger partial charge in [-0.2, -0.15) is 5.10 Å². The van der Waals surface area contributed by atoms with Crippen molar-refractivity contribution in [1.82, 2.24) is 29.5 Å². The van der Waals surface area contributed by atoms with Crippen LogP contribution in [-0.2, 0) is 17.6 Å². The Kier molecular flexibility index (Phi) is 3.93. The molecule has 1 fully saturated rings. The summed E-state index contributed by atoms with van der Waals surface area (Å²) in [4.78, 5) is 21.3. The summed E-state index contributed by atoms with van der Waals surface area (Å²) in [5, 5.41) is 12.2. The third-order valence-corrected chi connectivity index (χ3v) is 5.11. The van der Waals surface area contributed by atoms with Gasteiger partial charge in [-0.25, -0.2) is 19.3 Å². The molecule has 0 amide bonds. The van der Waals surface area contributed by atoms with E-state index in [0.717, 1.165) is 30.8 Å². The number of aryl methyl sites for hydroxylation is 1. The number of hydrogen-bond donors (Lipinski definition) is 1. The average Bonchev–Trinajstić information content (AvgIpc) is 3.44. The molecule has 4 heterocycles. The number of ether oxygens (including phenoxy) is 1. The fourth-order valence-electron chi connectivity index (χ4n) is 3.76. The molecule has 27 heavy (non-hydrogen) atoms. The Balaban J connectivity index is 1.46. The fourth-order valence-corrected chi connectivity index (χ4v) is 3.76. The maximum Gasteiger partial charge on any atom is 0.267 e. The Hall–Kier alpha value is -3.07. The fraction of sp³-hybridized carbons (Fsp3) is 0.389.